The lowest BCUT2D eigenvalue weighted by atomic mass is 9.98. The molecule has 22 heavy (non-hydrogen) atoms. The van der Waals surface area contributed by atoms with Crippen molar-refractivity contribution in [3.8, 4) is 0 Å². The highest BCUT2D eigenvalue weighted by Crippen LogP contribution is 2.23. The second kappa shape index (κ2) is 6.53. The third kappa shape index (κ3) is 3.17. The number of para-hydroxylation sites is 1. The van der Waals surface area contributed by atoms with Crippen LogP contribution in [-0.2, 0) is 16.1 Å². The normalized spacial score (nSPS) is 18.5. The monoisotopic (exact) mass is 300 g/mol. The first-order valence-electron chi connectivity index (χ1n) is 8.03. The van der Waals surface area contributed by atoms with Crippen molar-refractivity contribution in [1.29, 1.82) is 0 Å². The Kier molecular flexibility index (Phi) is 4.48. The van der Waals surface area contributed by atoms with Crippen molar-refractivity contribution in [3.05, 3.63) is 35.5 Å². The fourth-order valence-corrected chi connectivity index (χ4v) is 3.19. The Morgan fingerprint density at radius 1 is 1.41 bits per heavy atom. The Morgan fingerprint density at radius 3 is 2.95 bits per heavy atom. The smallest absolute Gasteiger partial charge is 0.223 e. The SMILES string of the molecule is Cc1c(CN(C)C(=O)C[C@H]2CCCOC2)[nH]c2ccccc12. The van der Waals surface area contributed by atoms with E-state index in [1.165, 1.54) is 10.9 Å². The molecule has 1 aromatic carbocycles. The molecule has 1 aliphatic heterocycles. The number of amides is 1. The van der Waals surface area contributed by atoms with Gasteiger partial charge in [-0.3, -0.25) is 4.79 Å². The van der Waals surface area contributed by atoms with E-state index in [1.807, 2.05) is 24.1 Å². The molecular weight excluding hydrogens is 276 g/mol. The van der Waals surface area contributed by atoms with Crippen LogP contribution in [0.1, 0.15) is 30.5 Å². The number of H-pyrrole nitrogens is 1. The van der Waals surface area contributed by atoms with Crippen molar-refractivity contribution in [2.75, 3.05) is 20.3 Å². The molecule has 0 unspecified atom stereocenters. The highest BCUT2D eigenvalue weighted by Gasteiger charge is 2.20. The minimum Gasteiger partial charge on any atom is -0.381 e. The summed E-state index contributed by atoms with van der Waals surface area (Å²) in [5.74, 6) is 0.584. The molecule has 1 amide bonds. The molecule has 1 N–H and O–H groups in total. The third-order valence-electron chi connectivity index (χ3n) is 4.61. The number of aryl methyl sites for hydroxylation is 1. The van der Waals surface area contributed by atoms with E-state index in [2.05, 4.69) is 24.0 Å². The number of aromatic amines is 1. The van der Waals surface area contributed by atoms with E-state index in [-0.39, 0.29) is 5.91 Å². The molecule has 0 radical (unpaired) electrons. The molecule has 4 nitrogen and oxygen atoms in total. The Morgan fingerprint density at radius 2 is 2.23 bits per heavy atom. The minimum absolute atomic E-state index is 0.202. The number of rotatable bonds is 4. The average molecular weight is 300 g/mol. The summed E-state index contributed by atoms with van der Waals surface area (Å²) >= 11 is 0. The molecule has 2 heterocycles. The predicted molar refractivity (Wildman–Crippen MR) is 87.7 cm³/mol. The molecule has 1 atom stereocenters. The van der Waals surface area contributed by atoms with E-state index in [9.17, 15) is 4.79 Å². The van der Waals surface area contributed by atoms with Crippen LogP contribution in [0.25, 0.3) is 10.9 Å². The van der Waals surface area contributed by atoms with Crippen LogP contribution in [0.15, 0.2) is 24.3 Å². The maximum Gasteiger partial charge on any atom is 0.223 e. The summed E-state index contributed by atoms with van der Waals surface area (Å²) in [5, 5.41) is 1.24. The lowest BCUT2D eigenvalue weighted by Gasteiger charge is -2.24. The topological polar surface area (TPSA) is 45.3 Å². The standard InChI is InChI=1S/C18H24N2O2/c1-13-15-7-3-4-8-16(15)19-17(13)11-20(2)18(21)10-14-6-5-9-22-12-14/h3-4,7-8,14,19H,5-6,9-12H2,1-2H3/t14-/m1/s1. The van der Waals surface area contributed by atoms with E-state index in [0.717, 1.165) is 37.3 Å². The molecule has 0 spiro atoms. The zero-order chi connectivity index (χ0) is 15.5. The van der Waals surface area contributed by atoms with Crippen LogP contribution in [0.3, 0.4) is 0 Å². The van der Waals surface area contributed by atoms with Crippen LogP contribution < -0.4 is 0 Å². The van der Waals surface area contributed by atoms with Gasteiger partial charge in [0.2, 0.25) is 5.91 Å². The minimum atomic E-state index is 0.202. The maximum absolute atomic E-state index is 12.4. The van der Waals surface area contributed by atoms with Crippen LogP contribution in [0.4, 0.5) is 0 Å². The second-order valence-electron chi connectivity index (χ2n) is 6.31. The van der Waals surface area contributed by atoms with Crippen molar-refractivity contribution in [2.45, 2.75) is 32.7 Å². The van der Waals surface area contributed by atoms with E-state index in [4.69, 9.17) is 4.74 Å². The molecule has 0 saturated carbocycles. The van der Waals surface area contributed by atoms with Gasteiger partial charge in [0.05, 0.1) is 6.54 Å². The number of ether oxygens (including phenoxy) is 1. The highest BCUT2D eigenvalue weighted by molar-refractivity contribution is 5.84. The molecule has 4 heteroatoms. The van der Waals surface area contributed by atoms with Gasteiger partial charge in [-0.25, -0.2) is 0 Å². The van der Waals surface area contributed by atoms with Crippen molar-refractivity contribution in [1.82, 2.24) is 9.88 Å². The predicted octanol–water partition coefficient (Wildman–Crippen LogP) is 3.25. The summed E-state index contributed by atoms with van der Waals surface area (Å²) in [5.41, 5.74) is 3.49. The van der Waals surface area contributed by atoms with Gasteiger partial charge in [-0.2, -0.15) is 0 Å². The van der Waals surface area contributed by atoms with E-state index in [1.54, 1.807) is 0 Å². The number of carbonyl (C=O) groups excluding carboxylic acids is 1. The number of aromatic nitrogens is 1. The summed E-state index contributed by atoms with van der Waals surface area (Å²) < 4.78 is 5.46. The fraction of sp³-hybridized carbons (Fsp3) is 0.500. The molecule has 1 saturated heterocycles. The number of benzene rings is 1. The number of hydrogen-bond donors (Lipinski definition) is 1. The van der Waals surface area contributed by atoms with Crippen molar-refractivity contribution in [3.63, 3.8) is 0 Å². The maximum atomic E-state index is 12.4. The van der Waals surface area contributed by atoms with Gasteiger partial charge in [-0.15, -0.1) is 0 Å². The Labute approximate surface area is 131 Å². The fourth-order valence-electron chi connectivity index (χ4n) is 3.19. The zero-order valence-corrected chi connectivity index (χ0v) is 13.4. The van der Waals surface area contributed by atoms with Crippen molar-refractivity contribution in [2.24, 2.45) is 5.92 Å². The molecule has 3 rings (SSSR count). The van der Waals surface area contributed by atoms with Crippen LogP contribution in [0.2, 0.25) is 0 Å². The third-order valence-corrected chi connectivity index (χ3v) is 4.61. The second-order valence-corrected chi connectivity index (χ2v) is 6.31. The first-order chi connectivity index (χ1) is 10.6. The van der Waals surface area contributed by atoms with Crippen LogP contribution in [-0.4, -0.2) is 36.1 Å². The van der Waals surface area contributed by atoms with Crippen molar-refractivity contribution < 1.29 is 9.53 Å². The molecule has 1 fully saturated rings. The number of carbonyl (C=O) groups is 1. The van der Waals surface area contributed by atoms with E-state index in [0.29, 0.717) is 18.9 Å². The number of fused-ring (bicyclic) bond motifs is 1. The van der Waals surface area contributed by atoms with Gasteiger partial charge in [-0.1, -0.05) is 18.2 Å². The summed E-state index contributed by atoms with van der Waals surface area (Å²) in [4.78, 5) is 17.7. The first kappa shape index (κ1) is 15.1. The zero-order valence-electron chi connectivity index (χ0n) is 13.4. The summed E-state index contributed by atoms with van der Waals surface area (Å²) in [6.45, 7) is 4.31. The Balaban J connectivity index is 1.65. The largest absolute Gasteiger partial charge is 0.381 e. The quantitative estimate of drug-likeness (QED) is 0.942. The Hall–Kier alpha value is -1.81. The average Bonchev–Trinajstić information content (AvgIpc) is 2.85. The molecule has 0 aliphatic carbocycles. The molecule has 2 aromatic rings. The van der Waals surface area contributed by atoms with E-state index < -0.39 is 0 Å². The summed E-state index contributed by atoms with van der Waals surface area (Å²) in [6, 6.07) is 8.27. The van der Waals surface area contributed by atoms with Crippen LogP contribution in [0.5, 0.6) is 0 Å². The Bertz CT molecular complexity index is 656. The van der Waals surface area contributed by atoms with E-state index >= 15 is 0 Å². The van der Waals surface area contributed by atoms with Crippen LogP contribution in [0, 0.1) is 12.8 Å². The molecule has 1 aliphatic rings. The molecule has 1 aromatic heterocycles. The first-order valence-corrected chi connectivity index (χ1v) is 8.03. The number of hydrogen-bond acceptors (Lipinski definition) is 2. The van der Waals surface area contributed by atoms with Gasteiger partial charge >= 0.3 is 0 Å². The summed E-state index contributed by atoms with van der Waals surface area (Å²) in [6.07, 6.45) is 2.77. The van der Waals surface area contributed by atoms with Gasteiger partial charge in [0.1, 0.15) is 0 Å². The van der Waals surface area contributed by atoms with Gasteiger partial charge in [0.25, 0.3) is 0 Å². The molecular formula is C18H24N2O2. The van der Waals surface area contributed by atoms with Crippen LogP contribution >= 0.6 is 0 Å². The van der Waals surface area contributed by atoms with Crippen molar-refractivity contribution >= 4 is 16.8 Å². The number of nitrogens with zero attached hydrogens (tertiary/aromatic N) is 1. The lowest BCUT2D eigenvalue weighted by molar-refractivity contribution is -0.132. The highest BCUT2D eigenvalue weighted by atomic mass is 16.5. The van der Waals surface area contributed by atoms with Gasteiger partial charge < -0.3 is 14.6 Å². The van der Waals surface area contributed by atoms with Gasteiger partial charge in [0, 0.05) is 43.3 Å². The number of nitrogens with one attached hydrogen (secondary N) is 1. The van der Waals surface area contributed by atoms with Gasteiger partial charge in [-0.05, 0) is 37.3 Å². The summed E-state index contributed by atoms with van der Waals surface area (Å²) in [7, 11) is 1.89. The lowest BCUT2D eigenvalue weighted by Crippen LogP contribution is -2.30. The van der Waals surface area contributed by atoms with Gasteiger partial charge in [0.15, 0.2) is 0 Å². The molecule has 118 valence electrons. The molecule has 0 bridgehead atoms.